The lowest BCUT2D eigenvalue weighted by atomic mass is 10.1. The Balaban J connectivity index is 1.85. The lowest BCUT2D eigenvalue weighted by molar-refractivity contribution is -0.119. The van der Waals surface area contributed by atoms with Gasteiger partial charge in [-0.25, -0.2) is 0 Å². The maximum Gasteiger partial charge on any atom is 0.246 e. The first-order chi connectivity index (χ1) is 14.8. The molecule has 2 aromatic rings. The third-order valence-electron chi connectivity index (χ3n) is 4.43. The molecule has 2 aromatic carbocycles. The molecule has 6 nitrogen and oxygen atoms in total. The van der Waals surface area contributed by atoms with Gasteiger partial charge >= 0.3 is 0 Å². The van der Waals surface area contributed by atoms with Gasteiger partial charge in [-0.3, -0.25) is 14.4 Å². The molecule has 2 rings (SSSR count). The summed E-state index contributed by atoms with van der Waals surface area (Å²) in [7, 11) is 0. The summed E-state index contributed by atoms with van der Waals surface area (Å²) in [5.41, 5.74) is 3.52. The van der Waals surface area contributed by atoms with Gasteiger partial charge in [0.1, 0.15) is 0 Å². The molecule has 3 N–H and O–H groups in total. The average molecular weight is 420 g/mol. The van der Waals surface area contributed by atoms with Crippen LogP contribution in [-0.2, 0) is 9.59 Å². The fourth-order valence-electron chi connectivity index (χ4n) is 2.52. The number of allylic oxidation sites excluding steroid dienone is 1. The molecule has 2 amide bonds. The normalized spacial score (nSPS) is 10.7. The van der Waals surface area contributed by atoms with Crippen molar-refractivity contribution in [1.82, 2.24) is 5.32 Å². The average Bonchev–Trinajstić information content (AvgIpc) is 2.76. The minimum atomic E-state index is -0.163. The van der Waals surface area contributed by atoms with Crippen LogP contribution in [0.1, 0.15) is 36.7 Å². The molecular weight excluding hydrogens is 390 g/mol. The third-order valence-corrected chi connectivity index (χ3v) is 4.43. The number of nitrogens with one attached hydrogen (secondary N) is 3. The second-order valence-corrected chi connectivity index (χ2v) is 7.50. The van der Waals surface area contributed by atoms with Gasteiger partial charge < -0.3 is 16.0 Å². The van der Waals surface area contributed by atoms with Crippen molar-refractivity contribution in [2.45, 2.75) is 20.8 Å². The van der Waals surface area contributed by atoms with Gasteiger partial charge in [-0.2, -0.15) is 0 Å². The maximum absolute atomic E-state index is 12.4. The van der Waals surface area contributed by atoms with E-state index in [9.17, 15) is 14.4 Å². The Kier molecular flexibility index (Phi) is 8.76. The number of benzene rings is 2. The van der Waals surface area contributed by atoms with Crippen LogP contribution in [0.4, 0.5) is 11.4 Å². The quantitative estimate of drug-likeness (QED) is 0.305. The molecule has 0 fully saturated rings. The number of carbonyl (C=O) groups excluding carboxylic acids is 3. The van der Waals surface area contributed by atoms with Crippen LogP contribution in [-0.4, -0.2) is 30.7 Å². The van der Waals surface area contributed by atoms with Crippen LogP contribution in [0, 0.1) is 5.92 Å². The molecule has 0 radical (unpaired) electrons. The van der Waals surface area contributed by atoms with E-state index in [2.05, 4.69) is 22.5 Å². The van der Waals surface area contributed by atoms with Crippen molar-refractivity contribution in [3.05, 3.63) is 77.9 Å². The molecule has 0 bridgehead atoms. The summed E-state index contributed by atoms with van der Waals surface area (Å²) < 4.78 is 0. The van der Waals surface area contributed by atoms with E-state index in [1.165, 1.54) is 6.08 Å². The third kappa shape index (κ3) is 7.93. The maximum atomic E-state index is 12.4. The summed E-state index contributed by atoms with van der Waals surface area (Å²) in [5, 5.41) is 8.76. The first-order valence-electron chi connectivity index (χ1n) is 10.2. The van der Waals surface area contributed by atoms with E-state index in [-0.39, 0.29) is 23.5 Å². The van der Waals surface area contributed by atoms with E-state index in [1.807, 2.05) is 50.2 Å². The van der Waals surface area contributed by atoms with Gasteiger partial charge in [0.25, 0.3) is 0 Å². The highest BCUT2D eigenvalue weighted by Gasteiger charge is 2.07. The Hall–Kier alpha value is -3.67. The SMILES string of the molecule is C=C(C)C(=O)NCCNc1ccc(C(=O)/C=C/c2ccc(NC(=O)C(C)C)cc2)cc1. The zero-order valence-corrected chi connectivity index (χ0v) is 18.2. The highest BCUT2D eigenvalue weighted by atomic mass is 16.2. The molecule has 0 aromatic heterocycles. The van der Waals surface area contributed by atoms with E-state index >= 15 is 0 Å². The van der Waals surface area contributed by atoms with E-state index in [0.717, 1.165) is 16.9 Å². The topological polar surface area (TPSA) is 87.3 Å². The number of rotatable bonds is 10. The van der Waals surface area contributed by atoms with Gasteiger partial charge in [-0.15, -0.1) is 0 Å². The highest BCUT2D eigenvalue weighted by molar-refractivity contribution is 6.07. The highest BCUT2D eigenvalue weighted by Crippen LogP contribution is 2.14. The van der Waals surface area contributed by atoms with Crippen LogP contribution in [0.25, 0.3) is 6.08 Å². The lowest BCUT2D eigenvalue weighted by Gasteiger charge is -2.08. The standard InChI is InChI=1S/C25H29N3O3/c1-17(2)24(30)27-16-15-26-21-12-8-20(9-13-21)23(29)14-7-19-5-10-22(11-6-19)28-25(31)18(3)4/h5-14,18,26H,1,15-16H2,2-4H3,(H,27,30)(H,28,31)/b14-7+. The van der Waals surface area contributed by atoms with Crippen LogP contribution in [0.2, 0.25) is 0 Å². The molecule has 162 valence electrons. The van der Waals surface area contributed by atoms with Gasteiger partial charge in [-0.05, 0) is 55.0 Å². The minimum absolute atomic E-state index is 0.0342. The number of hydrogen-bond acceptors (Lipinski definition) is 4. The zero-order valence-electron chi connectivity index (χ0n) is 18.2. The van der Waals surface area contributed by atoms with Gasteiger partial charge in [0.05, 0.1) is 0 Å². The minimum Gasteiger partial charge on any atom is -0.383 e. The predicted octanol–water partition coefficient (Wildman–Crippen LogP) is 4.28. The smallest absolute Gasteiger partial charge is 0.246 e. The Morgan fingerprint density at radius 1 is 0.935 bits per heavy atom. The predicted molar refractivity (Wildman–Crippen MR) is 126 cm³/mol. The number of ketones is 1. The monoisotopic (exact) mass is 419 g/mol. The molecule has 0 unspecified atom stereocenters. The molecule has 0 spiro atoms. The molecule has 0 saturated carbocycles. The van der Waals surface area contributed by atoms with E-state index in [0.29, 0.717) is 24.2 Å². The summed E-state index contributed by atoms with van der Waals surface area (Å²) >= 11 is 0. The number of anilines is 2. The Labute approximate surface area is 183 Å². The summed E-state index contributed by atoms with van der Waals surface area (Å²) in [4.78, 5) is 35.5. The zero-order chi connectivity index (χ0) is 22.8. The van der Waals surface area contributed by atoms with Crippen LogP contribution >= 0.6 is 0 Å². The first kappa shape index (κ1) is 23.6. The van der Waals surface area contributed by atoms with Crippen LogP contribution < -0.4 is 16.0 Å². The summed E-state index contributed by atoms with van der Waals surface area (Å²) in [6.07, 6.45) is 3.27. The molecule has 0 aliphatic heterocycles. The molecule has 0 atom stereocenters. The Bertz CT molecular complexity index is 959. The molecule has 31 heavy (non-hydrogen) atoms. The molecular formula is C25H29N3O3. The van der Waals surface area contributed by atoms with E-state index < -0.39 is 0 Å². The molecule has 0 heterocycles. The number of hydrogen-bond donors (Lipinski definition) is 3. The number of carbonyl (C=O) groups is 3. The van der Waals surface area contributed by atoms with Crippen molar-refractivity contribution in [2.24, 2.45) is 5.92 Å². The van der Waals surface area contributed by atoms with E-state index in [1.54, 1.807) is 25.1 Å². The largest absolute Gasteiger partial charge is 0.383 e. The van der Waals surface area contributed by atoms with Crippen LogP contribution in [0.5, 0.6) is 0 Å². The van der Waals surface area contributed by atoms with Crippen molar-refractivity contribution in [3.8, 4) is 0 Å². The molecule has 0 aliphatic carbocycles. The fourth-order valence-corrected chi connectivity index (χ4v) is 2.52. The fraction of sp³-hybridized carbons (Fsp3) is 0.240. The van der Waals surface area contributed by atoms with Gasteiger partial charge in [-0.1, -0.05) is 38.6 Å². The second kappa shape index (κ2) is 11.5. The molecule has 0 aliphatic rings. The summed E-state index contributed by atoms with van der Waals surface area (Å²) in [6.45, 7) is 9.98. The van der Waals surface area contributed by atoms with Gasteiger partial charge in [0, 0.05) is 41.5 Å². The van der Waals surface area contributed by atoms with Crippen molar-refractivity contribution in [2.75, 3.05) is 23.7 Å². The second-order valence-electron chi connectivity index (χ2n) is 7.50. The first-order valence-corrected chi connectivity index (χ1v) is 10.2. The van der Waals surface area contributed by atoms with Crippen molar-refractivity contribution < 1.29 is 14.4 Å². The van der Waals surface area contributed by atoms with E-state index in [4.69, 9.17) is 0 Å². The summed E-state index contributed by atoms with van der Waals surface area (Å²) in [5.74, 6) is -0.379. The van der Waals surface area contributed by atoms with Crippen LogP contribution in [0.3, 0.4) is 0 Å². The molecule has 0 saturated heterocycles. The van der Waals surface area contributed by atoms with Crippen molar-refractivity contribution in [1.29, 1.82) is 0 Å². The van der Waals surface area contributed by atoms with Gasteiger partial charge in [0.2, 0.25) is 11.8 Å². The van der Waals surface area contributed by atoms with Crippen molar-refractivity contribution in [3.63, 3.8) is 0 Å². The molecule has 6 heteroatoms. The van der Waals surface area contributed by atoms with Crippen LogP contribution in [0.15, 0.2) is 66.8 Å². The van der Waals surface area contributed by atoms with Gasteiger partial charge in [0.15, 0.2) is 5.78 Å². The lowest BCUT2D eigenvalue weighted by Crippen LogP contribution is -2.28. The van der Waals surface area contributed by atoms with Crippen molar-refractivity contribution >= 4 is 35.0 Å². The Morgan fingerprint density at radius 3 is 2.13 bits per heavy atom. The number of amides is 2. The summed E-state index contributed by atoms with van der Waals surface area (Å²) in [6, 6.07) is 14.5. The Morgan fingerprint density at radius 2 is 1.55 bits per heavy atom.